The van der Waals surface area contributed by atoms with Crippen LogP contribution in [-0.2, 0) is 12.0 Å². The summed E-state index contributed by atoms with van der Waals surface area (Å²) in [4.78, 5) is 2.48. The number of piperidine rings is 1. The molecule has 1 fully saturated rings. The van der Waals surface area contributed by atoms with Crippen LogP contribution in [0.15, 0.2) is 24.4 Å². The summed E-state index contributed by atoms with van der Waals surface area (Å²) in [5, 5.41) is 11.2. The molecular formula is C20H28N2O. The summed E-state index contributed by atoms with van der Waals surface area (Å²) in [7, 11) is 2.23. The van der Waals surface area contributed by atoms with Gasteiger partial charge in [0.05, 0.1) is 0 Å². The minimum absolute atomic E-state index is 0.101. The molecule has 0 saturated carbocycles. The van der Waals surface area contributed by atoms with E-state index < -0.39 is 0 Å². The summed E-state index contributed by atoms with van der Waals surface area (Å²) < 4.78 is 2.45. The lowest BCUT2D eigenvalue weighted by molar-refractivity contribution is 0.0771. The highest BCUT2D eigenvalue weighted by Crippen LogP contribution is 2.45. The standard InChI is InChI=1S/C20H28N2O/c1-20(2,3)22-11-14-9-18-16(8-13(12-23)10-21(18)4)15-6-5-7-17(22)19(14)15/h5-7,11,13,16,18,23H,8-10,12H2,1-4H3/t13-,16-,18-/m1/s1. The van der Waals surface area contributed by atoms with Gasteiger partial charge in [-0.25, -0.2) is 0 Å². The van der Waals surface area contributed by atoms with Crippen LogP contribution in [0.5, 0.6) is 0 Å². The molecule has 4 rings (SSSR count). The van der Waals surface area contributed by atoms with Gasteiger partial charge in [-0.05, 0) is 63.8 Å². The molecule has 1 aliphatic carbocycles. The number of aromatic nitrogens is 1. The van der Waals surface area contributed by atoms with Crippen molar-refractivity contribution in [1.82, 2.24) is 9.47 Å². The summed E-state index contributed by atoms with van der Waals surface area (Å²) in [5.74, 6) is 0.959. The van der Waals surface area contributed by atoms with Gasteiger partial charge in [0.2, 0.25) is 0 Å². The van der Waals surface area contributed by atoms with Crippen LogP contribution in [-0.4, -0.2) is 40.8 Å². The third-order valence-electron chi connectivity index (χ3n) is 5.91. The summed E-state index contributed by atoms with van der Waals surface area (Å²) in [6.07, 6.45) is 4.64. The zero-order valence-electron chi connectivity index (χ0n) is 14.7. The number of fused-ring (bicyclic) bond motifs is 2. The molecule has 2 heterocycles. The molecule has 23 heavy (non-hydrogen) atoms. The maximum atomic E-state index is 9.67. The Morgan fingerprint density at radius 3 is 2.74 bits per heavy atom. The number of likely N-dealkylation sites (tertiary alicyclic amines) is 1. The van der Waals surface area contributed by atoms with Crippen molar-refractivity contribution < 1.29 is 5.11 Å². The summed E-state index contributed by atoms with van der Waals surface area (Å²) in [6, 6.07) is 7.38. The van der Waals surface area contributed by atoms with E-state index in [0.29, 0.717) is 24.5 Å². The van der Waals surface area contributed by atoms with Gasteiger partial charge in [-0.1, -0.05) is 12.1 Å². The minimum atomic E-state index is 0.101. The average molecular weight is 312 g/mol. The van der Waals surface area contributed by atoms with Crippen molar-refractivity contribution in [3.05, 3.63) is 35.5 Å². The van der Waals surface area contributed by atoms with E-state index >= 15 is 0 Å². The smallest absolute Gasteiger partial charge is 0.0491 e. The second kappa shape index (κ2) is 5.09. The third-order valence-corrected chi connectivity index (χ3v) is 5.91. The topological polar surface area (TPSA) is 28.4 Å². The molecule has 2 aromatic rings. The number of benzene rings is 1. The van der Waals surface area contributed by atoms with Crippen molar-refractivity contribution in [3.63, 3.8) is 0 Å². The highest BCUT2D eigenvalue weighted by Gasteiger charge is 2.39. The minimum Gasteiger partial charge on any atom is -0.396 e. The van der Waals surface area contributed by atoms with E-state index in [0.717, 1.165) is 19.4 Å². The maximum absolute atomic E-state index is 9.67. The Morgan fingerprint density at radius 1 is 1.26 bits per heavy atom. The number of rotatable bonds is 1. The maximum Gasteiger partial charge on any atom is 0.0491 e. The van der Waals surface area contributed by atoms with Gasteiger partial charge in [-0.3, -0.25) is 0 Å². The van der Waals surface area contributed by atoms with Crippen molar-refractivity contribution in [2.75, 3.05) is 20.2 Å². The molecule has 1 saturated heterocycles. The molecule has 1 aromatic carbocycles. The number of hydrogen-bond donors (Lipinski definition) is 1. The van der Waals surface area contributed by atoms with Crippen LogP contribution in [0, 0.1) is 5.92 Å². The van der Waals surface area contributed by atoms with Crippen LogP contribution in [0.25, 0.3) is 10.9 Å². The van der Waals surface area contributed by atoms with Crippen LogP contribution in [0.4, 0.5) is 0 Å². The molecular weight excluding hydrogens is 284 g/mol. The normalized spacial score (nSPS) is 28.1. The molecule has 1 aromatic heterocycles. The predicted octanol–water partition coefficient (Wildman–Crippen LogP) is 3.35. The fourth-order valence-electron chi connectivity index (χ4n) is 4.85. The van der Waals surface area contributed by atoms with Crippen molar-refractivity contribution in [3.8, 4) is 0 Å². The van der Waals surface area contributed by atoms with Gasteiger partial charge >= 0.3 is 0 Å². The summed E-state index contributed by atoms with van der Waals surface area (Å²) in [5.41, 5.74) is 4.48. The van der Waals surface area contributed by atoms with Crippen molar-refractivity contribution >= 4 is 10.9 Å². The molecule has 1 aliphatic heterocycles. The lowest BCUT2D eigenvalue weighted by Gasteiger charge is -2.45. The lowest BCUT2D eigenvalue weighted by Crippen LogP contribution is -2.48. The highest BCUT2D eigenvalue weighted by atomic mass is 16.3. The Morgan fingerprint density at radius 2 is 2.04 bits per heavy atom. The Kier molecular flexibility index (Phi) is 3.37. The summed E-state index contributed by atoms with van der Waals surface area (Å²) >= 11 is 0. The Hall–Kier alpha value is -1.32. The van der Waals surface area contributed by atoms with E-state index in [-0.39, 0.29) is 5.54 Å². The highest BCUT2D eigenvalue weighted by molar-refractivity contribution is 5.89. The van der Waals surface area contributed by atoms with Crippen LogP contribution >= 0.6 is 0 Å². The second-order valence-corrected chi connectivity index (χ2v) is 8.54. The first-order chi connectivity index (χ1) is 10.9. The predicted molar refractivity (Wildman–Crippen MR) is 95.0 cm³/mol. The van der Waals surface area contributed by atoms with Gasteiger partial charge in [0.25, 0.3) is 0 Å². The second-order valence-electron chi connectivity index (χ2n) is 8.54. The zero-order valence-corrected chi connectivity index (χ0v) is 14.7. The molecule has 124 valence electrons. The first-order valence-electron chi connectivity index (χ1n) is 8.84. The number of aliphatic hydroxyl groups is 1. The summed E-state index contributed by atoms with van der Waals surface area (Å²) in [6.45, 7) is 8.16. The molecule has 0 unspecified atom stereocenters. The third kappa shape index (κ3) is 2.25. The number of nitrogens with zero attached hydrogens (tertiary/aromatic N) is 2. The Balaban J connectivity index is 1.90. The molecule has 2 aliphatic rings. The Bertz CT molecular complexity index is 740. The monoisotopic (exact) mass is 312 g/mol. The molecule has 0 spiro atoms. The molecule has 3 heteroatoms. The van der Waals surface area contributed by atoms with E-state index in [1.807, 2.05) is 0 Å². The van der Waals surface area contributed by atoms with Gasteiger partial charge in [0, 0.05) is 47.8 Å². The van der Waals surface area contributed by atoms with Crippen LogP contribution in [0.2, 0.25) is 0 Å². The molecule has 0 amide bonds. The van der Waals surface area contributed by atoms with Crippen LogP contribution < -0.4 is 0 Å². The van der Waals surface area contributed by atoms with E-state index in [9.17, 15) is 5.11 Å². The Labute approximate surface area is 138 Å². The quantitative estimate of drug-likeness (QED) is 0.875. The van der Waals surface area contributed by atoms with Crippen LogP contribution in [0.1, 0.15) is 44.2 Å². The van der Waals surface area contributed by atoms with Crippen molar-refractivity contribution in [1.29, 1.82) is 0 Å². The molecule has 3 atom stereocenters. The van der Waals surface area contributed by atoms with Gasteiger partial charge in [-0.15, -0.1) is 0 Å². The van der Waals surface area contributed by atoms with Gasteiger partial charge in [0.1, 0.15) is 0 Å². The van der Waals surface area contributed by atoms with E-state index in [1.165, 1.54) is 22.0 Å². The first-order valence-corrected chi connectivity index (χ1v) is 8.84. The molecule has 3 nitrogen and oxygen atoms in total. The largest absolute Gasteiger partial charge is 0.396 e. The molecule has 0 bridgehead atoms. The van der Waals surface area contributed by atoms with Gasteiger partial charge in [0.15, 0.2) is 0 Å². The fraction of sp³-hybridized carbons (Fsp3) is 0.600. The molecule has 1 N–H and O–H groups in total. The average Bonchev–Trinajstić information content (AvgIpc) is 2.89. The lowest BCUT2D eigenvalue weighted by atomic mass is 9.72. The number of aliphatic hydroxyl groups excluding tert-OH is 1. The fourth-order valence-corrected chi connectivity index (χ4v) is 4.85. The van der Waals surface area contributed by atoms with Gasteiger partial charge in [-0.2, -0.15) is 0 Å². The number of likely N-dealkylation sites (N-methyl/N-ethyl adjacent to an activating group) is 1. The van der Waals surface area contributed by atoms with Gasteiger partial charge < -0.3 is 14.6 Å². The SMILES string of the molecule is CN1C[C@H](CO)C[C@@H]2c3cccc4c3c(cn4C(C)(C)C)C[C@H]21. The molecule has 0 radical (unpaired) electrons. The zero-order chi connectivity index (χ0) is 16.4. The first kappa shape index (κ1) is 15.2. The van der Waals surface area contributed by atoms with E-state index in [1.54, 1.807) is 0 Å². The van der Waals surface area contributed by atoms with E-state index in [4.69, 9.17) is 0 Å². The van der Waals surface area contributed by atoms with Crippen LogP contribution in [0.3, 0.4) is 0 Å². The van der Waals surface area contributed by atoms with E-state index in [2.05, 4.69) is 61.7 Å². The van der Waals surface area contributed by atoms with Crippen molar-refractivity contribution in [2.24, 2.45) is 5.92 Å². The van der Waals surface area contributed by atoms with Crippen molar-refractivity contribution in [2.45, 2.75) is 51.1 Å². The number of hydrogen-bond acceptors (Lipinski definition) is 2.